The summed E-state index contributed by atoms with van der Waals surface area (Å²) in [4.78, 5) is 17.6. The first-order chi connectivity index (χ1) is 17.3. The molecule has 1 N–H and O–H groups in total. The summed E-state index contributed by atoms with van der Waals surface area (Å²) in [5.74, 6) is -0.0195. The first-order valence-electron chi connectivity index (χ1n) is 11.8. The Balaban J connectivity index is 1.55. The van der Waals surface area contributed by atoms with Crippen LogP contribution in [0.15, 0.2) is 77.7 Å². The summed E-state index contributed by atoms with van der Waals surface area (Å²) in [6, 6.07) is 21.0. The van der Waals surface area contributed by atoms with E-state index < -0.39 is 16.1 Å². The van der Waals surface area contributed by atoms with E-state index in [1.165, 1.54) is 7.11 Å². The number of amides is 1. The standard InChI is InChI=1S/C27H30ClN3O4S/c1-20-11-12-25(35-2)26(17-20)36(33,34)29-24(18-21-7-4-3-5-8-21)27(32)31-15-13-30(14-16-31)23-10-6-9-22(28)19-23/h3-12,17,19,24,29H,13-16,18H2,1-2H3. The summed E-state index contributed by atoms with van der Waals surface area (Å²) in [7, 11) is -2.61. The fourth-order valence-corrected chi connectivity index (χ4v) is 5.98. The number of methoxy groups -OCH3 is 1. The Labute approximate surface area is 217 Å². The first kappa shape index (κ1) is 26.0. The van der Waals surface area contributed by atoms with Gasteiger partial charge in [0.15, 0.2) is 0 Å². The molecule has 190 valence electrons. The topological polar surface area (TPSA) is 78.9 Å². The second-order valence-corrected chi connectivity index (χ2v) is 10.9. The molecule has 3 aromatic rings. The predicted octanol–water partition coefficient (Wildman–Crippen LogP) is 3.90. The maximum absolute atomic E-state index is 13.7. The Morgan fingerprint density at radius 1 is 1.00 bits per heavy atom. The second kappa shape index (κ2) is 11.3. The summed E-state index contributed by atoms with van der Waals surface area (Å²) in [5, 5.41) is 0.662. The van der Waals surface area contributed by atoms with Gasteiger partial charge in [-0.1, -0.05) is 54.1 Å². The highest BCUT2D eigenvalue weighted by atomic mass is 35.5. The van der Waals surface area contributed by atoms with Crippen LogP contribution in [0, 0.1) is 6.92 Å². The van der Waals surface area contributed by atoms with Crippen LogP contribution in [0.2, 0.25) is 5.02 Å². The largest absolute Gasteiger partial charge is 0.495 e. The van der Waals surface area contributed by atoms with E-state index in [-0.39, 0.29) is 23.0 Å². The first-order valence-corrected chi connectivity index (χ1v) is 13.6. The van der Waals surface area contributed by atoms with Crippen molar-refractivity contribution in [2.45, 2.75) is 24.3 Å². The fraction of sp³-hybridized carbons (Fsp3) is 0.296. The number of piperazine rings is 1. The van der Waals surface area contributed by atoms with E-state index in [0.717, 1.165) is 16.8 Å². The second-order valence-electron chi connectivity index (χ2n) is 8.81. The molecule has 1 unspecified atom stereocenters. The van der Waals surface area contributed by atoms with Gasteiger partial charge in [-0.3, -0.25) is 4.79 Å². The van der Waals surface area contributed by atoms with E-state index in [2.05, 4.69) is 9.62 Å². The summed E-state index contributed by atoms with van der Waals surface area (Å²) < 4.78 is 34.9. The smallest absolute Gasteiger partial charge is 0.244 e. The van der Waals surface area contributed by atoms with E-state index in [1.807, 2.05) is 61.5 Å². The number of nitrogens with zero attached hydrogens (tertiary/aromatic N) is 2. The predicted molar refractivity (Wildman–Crippen MR) is 142 cm³/mol. The lowest BCUT2D eigenvalue weighted by Gasteiger charge is -2.37. The highest BCUT2D eigenvalue weighted by molar-refractivity contribution is 7.89. The van der Waals surface area contributed by atoms with Crippen LogP contribution in [0.5, 0.6) is 5.75 Å². The molecule has 0 aromatic heterocycles. The van der Waals surface area contributed by atoms with Crippen molar-refractivity contribution in [1.82, 2.24) is 9.62 Å². The van der Waals surface area contributed by atoms with Crippen molar-refractivity contribution in [3.05, 3.63) is 88.9 Å². The van der Waals surface area contributed by atoms with Gasteiger partial charge in [-0.2, -0.15) is 4.72 Å². The molecular weight excluding hydrogens is 498 g/mol. The van der Waals surface area contributed by atoms with Gasteiger partial charge < -0.3 is 14.5 Å². The maximum atomic E-state index is 13.7. The minimum atomic E-state index is -4.03. The molecule has 1 saturated heterocycles. The van der Waals surface area contributed by atoms with E-state index in [9.17, 15) is 13.2 Å². The molecule has 0 radical (unpaired) electrons. The molecule has 9 heteroatoms. The SMILES string of the molecule is COc1ccc(C)cc1S(=O)(=O)NC(Cc1ccccc1)C(=O)N1CCN(c2cccc(Cl)c2)CC1. The zero-order chi connectivity index (χ0) is 25.7. The van der Waals surface area contributed by atoms with Crippen LogP contribution in [0.1, 0.15) is 11.1 Å². The van der Waals surface area contributed by atoms with Crippen LogP contribution >= 0.6 is 11.6 Å². The number of rotatable bonds is 8. The zero-order valence-corrected chi connectivity index (χ0v) is 21.9. The molecule has 3 aromatic carbocycles. The van der Waals surface area contributed by atoms with Gasteiger partial charge in [0.2, 0.25) is 15.9 Å². The minimum absolute atomic E-state index is 0.0154. The average molecular weight is 528 g/mol. The van der Waals surface area contributed by atoms with Gasteiger partial charge in [0.25, 0.3) is 0 Å². The molecule has 1 fully saturated rings. The van der Waals surface area contributed by atoms with E-state index >= 15 is 0 Å². The lowest BCUT2D eigenvalue weighted by atomic mass is 10.1. The summed E-state index contributed by atoms with van der Waals surface area (Å²) in [5.41, 5.74) is 2.65. The summed E-state index contributed by atoms with van der Waals surface area (Å²) in [6.07, 6.45) is 0.238. The molecule has 0 spiro atoms. The maximum Gasteiger partial charge on any atom is 0.244 e. The molecule has 0 saturated carbocycles. The Morgan fingerprint density at radius 2 is 1.72 bits per heavy atom. The number of aryl methyl sites for hydroxylation is 1. The van der Waals surface area contributed by atoms with Crippen LogP contribution in [-0.2, 0) is 21.2 Å². The van der Waals surface area contributed by atoms with Crippen LogP contribution in [0.3, 0.4) is 0 Å². The third-order valence-electron chi connectivity index (χ3n) is 6.25. The lowest BCUT2D eigenvalue weighted by molar-refractivity contribution is -0.133. The van der Waals surface area contributed by atoms with Crippen LogP contribution in [0.25, 0.3) is 0 Å². The van der Waals surface area contributed by atoms with Crippen molar-refractivity contribution >= 4 is 33.2 Å². The number of sulfonamides is 1. The van der Waals surface area contributed by atoms with Crippen LogP contribution in [-0.4, -0.2) is 58.6 Å². The molecule has 1 aliphatic rings. The van der Waals surface area contributed by atoms with Crippen LogP contribution < -0.4 is 14.4 Å². The Hall–Kier alpha value is -3.07. The molecular formula is C27H30ClN3O4S. The number of hydrogen-bond acceptors (Lipinski definition) is 5. The number of carbonyl (C=O) groups excluding carboxylic acids is 1. The molecule has 1 amide bonds. The average Bonchev–Trinajstić information content (AvgIpc) is 2.88. The number of carbonyl (C=O) groups is 1. The Morgan fingerprint density at radius 3 is 2.39 bits per heavy atom. The van der Waals surface area contributed by atoms with Crippen molar-refractivity contribution in [3.63, 3.8) is 0 Å². The van der Waals surface area contributed by atoms with E-state index in [4.69, 9.17) is 16.3 Å². The molecule has 0 bridgehead atoms. The van der Waals surface area contributed by atoms with Crippen molar-refractivity contribution in [2.75, 3.05) is 38.2 Å². The highest BCUT2D eigenvalue weighted by Crippen LogP contribution is 2.26. The van der Waals surface area contributed by atoms with Crippen molar-refractivity contribution in [2.24, 2.45) is 0 Å². The van der Waals surface area contributed by atoms with Crippen LogP contribution in [0.4, 0.5) is 5.69 Å². The number of benzene rings is 3. The van der Waals surface area contributed by atoms with Gasteiger partial charge in [0.1, 0.15) is 16.7 Å². The van der Waals surface area contributed by atoms with Crippen molar-refractivity contribution in [3.8, 4) is 5.75 Å². The van der Waals surface area contributed by atoms with Gasteiger partial charge in [-0.25, -0.2) is 8.42 Å². The van der Waals surface area contributed by atoms with Gasteiger partial charge in [0.05, 0.1) is 7.11 Å². The Kier molecular flexibility index (Phi) is 8.18. The third-order valence-corrected chi connectivity index (χ3v) is 7.98. The normalized spacial score (nSPS) is 15.0. The van der Waals surface area contributed by atoms with Gasteiger partial charge in [0, 0.05) is 36.9 Å². The van der Waals surface area contributed by atoms with Gasteiger partial charge in [-0.15, -0.1) is 0 Å². The molecule has 0 aliphatic carbocycles. The van der Waals surface area contributed by atoms with Crippen molar-refractivity contribution < 1.29 is 17.9 Å². The highest BCUT2D eigenvalue weighted by Gasteiger charge is 2.32. The zero-order valence-electron chi connectivity index (χ0n) is 20.4. The molecule has 1 atom stereocenters. The number of nitrogens with one attached hydrogen (secondary N) is 1. The lowest BCUT2D eigenvalue weighted by Crippen LogP contribution is -2.55. The number of hydrogen-bond donors (Lipinski definition) is 1. The number of halogens is 1. The molecule has 4 rings (SSSR count). The third kappa shape index (κ3) is 6.19. The Bertz CT molecular complexity index is 1310. The van der Waals surface area contributed by atoms with Crippen molar-refractivity contribution in [1.29, 1.82) is 0 Å². The summed E-state index contributed by atoms with van der Waals surface area (Å²) >= 11 is 6.14. The summed E-state index contributed by atoms with van der Waals surface area (Å²) in [6.45, 7) is 4.02. The van der Waals surface area contributed by atoms with Gasteiger partial charge in [-0.05, 0) is 54.8 Å². The van der Waals surface area contributed by atoms with E-state index in [1.54, 1.807) is 23.1 Å². The molecule has 1 heterocycles. The quantitative estimate of drug-likeness (QED) is 0.481. The number of ether oxygens (including phenoxy) is 1. The number of anilines is 1. The molecule has 1 aliphatic heterocycles. The minimum Gasteiger partial charge on any atom is -0.495 e. The van der Waals surface area contributed by atoms with E-state index in [0.29, 0.717) is 31.2 Å². The molecule has 7 nitrogen and oxygen atoms in total. The fourth-order valence-electron chi connectivity index (χ4n) is 4.35. The monoisotopic (exact) mass is 527 g/mol. The molecule has 36 heavy (non-hydrogen) atoms. The van der Waals surface area contributed by atoms with Gasteiger partial charge >= 0.3 is 0 Å².